The van der Waals surface area contributed by atoms with Gasteiger partial charge < -0.3 is 10.0 Å². The number of carbonyl (C=O) groups is 1. The second kappa shape index (κ2) is 4.96. The van der Waals surface area contributed by atoms with Gasteiger partial charge in [0, 0.05) is 30.8 Å². The molecule has 1 heterocycles. The number of carbonyl (C=O) groups excluding carboxylic acids is 1. The molecule has 3 nitrogen and oxygen atoms in total. The van der Waals surface area contributed by atoms with Crippen molar-refractivity contribution in [2.45, 2.75) is 25.9 Å². The first kappa shape index (κ1) is 11.0. The number of hydrogen-bond donors (Lipinski definition) is 1. The van der Waals surface area contributed by atoms with Crippen LogP contribution in [0.3, 0.4) is 0 Å². The number of aliphatic hydroxyl groups excluding tert-OH is 1. The number of alkyl halides is 1. The van der Waals surface area contributed by atoms with Crippen molar-refractivity contribution in [2.75, 3.05) is 18.4 Å². The lowest BCUT2D eigenvalue weighted by Crippen LogP contribution is -2.30. The van der Waals surface area contributed by atoms with E-state index < -0.39 is 0 Å². The van der Waals surface area contributed by atoms with Gasteiger partial charge in [-0.2, -0.15) is 0 Å². The van der Waals surface area contributed by atoms with Crippen LogP contribution in [0.4, 0.5) is 0 Å². The first-order chi connectivity index (χ1) is 6.15. The van der Waals surface area contributed by atoms with E-state index in [1.807, 2.05) is 4.90 Å². The third-order valence-corrected chi connectivity index (χ3v) is 2.96. The smallest absolute Gasteiger partial charge is 0.223 e. The van der Waals surface area contributed by atoms with E-state index >= 15 is 0 Å². The van der Waals surface area contributed by atoms with Gasteiger partial charge in [-0.1, -0.05) is 15.9 Å². The molecule has 13 heavy (non-hydrogen) atoms. The molecule has 0 aromatic carbocycles. The van der Waals surface area contributed by atoms with E-state index in [1.54, 1.807) is 6.92 Å². The number of likely N-dealkylation sites (tertiary alicyclic amines) is 1. The second-order valence-electron chi connectivity index (χ2n) is 3.57. The fraction of sp³-hybridized carbons (Fsp3) is 0.889. The van der Waals surface area contributed by atoms with E-state index in [0.29, 0.717) is 6.42 Å². The SMILES string of the molecule is CC(O)C1CCN(C(=O)CCBr)C1. The molecule has 2 atom stereocenters. The highest BCUT2D eigenvalue weighted by Gasteiger charge is 2.28. The van der Waals surface area contributed by atoms with Gasteiger partial charge in [0.15, 0.2) is 0 Å². The van der Waals surface area contributed by atoms with Gasteiger partial charge in [-0.25, -0.2) is 0 Å². The number of nitrogens with zero attached hydrogens (tertiary/aromatic N) is 1. The quantitative estimate of drug-likeness (QED) is 0.759. The van der Waals surface area contributed by atoms with Gasteiger partial charge >= 0.3 is 0 Å². The molecule has 1 amide bonds. The molecule has 1 aliphatic heterocycles. The molecular weight excluding hydrogens is 234 g/mol. The van der Waals surface area contributed by atoms with E-state index in [0.717, 1.165) is 24.8 Å². The number of rotatable bonds is 3. The van der Waals surface area contributed by atoms with Crippen LogP contribution >= 0.6 is 15.9 Å². The second-order valence-corrected chi connectivity index (χ2v) is 4.36. The Morgan fingerprint density at radius 3 is 2.92 bits per heavy atom. The number of hydrogen-bond acceptors (Lipinski definition) is 2. The van der Waals surface area contributed by atoms with Crippen LogP contribution in [0, 0.1) is 5.92 Å². The molecule has 0 aromatic rings. The van der Waals surface area contributed by atoms with Crippen molar-refractivity contribution < 1.29 is 9.90 Å². The predicted octanol–water partition coefficient (Wildman–Crippen LogP) is 1.00. The third kappa shape index (κ3) is 2.95. The van der Waals surface area contributed by atoms with Crippen molar-refractivity contribution in [1.29, 1.82) is 0 Å². The molecule has 1 N–H and O–H groups in total. The van der Waals surface area contributed by atoms with Crippen molar-refractivity contribution in [3.8, 4) is 0 Å². The lowest BCUT2D eigenvalue weighted by Gasteiger charge is -2.17. The van der Waals surface area contributed by atoms with E-state index in [-0.39, 0.29) is 17.9 Å². The van der Waals surface area contributed by atoms with Gasteiger partial charge in [-0.3, -0.25) is 4.79 Å². The van der Waals surface area contributed by atoms with E-state index in [1.165, 1.54) is 0 Å². The summed E-state index contributed by atoms with van der Waals surface area (Å²) in [5.41, 5.74) is 0. The highest BCUT2D eigenvalue weighted by molar-refractivity contribution is 9.09. The van der Waals surface area contributed by atoms with Gasteiger partial charge in [-0.05, 0) is 13.3 Å². The predicted molar refractivity (Wildman–Crippen MR) is 54.8 cm³/mol. The van der Waals surface area contributed by atoms with Crippen molar-refractivity contribution in [2.24, 2.45) is 5.92 Å². The summed E-state index contributed by atoms with van der Waals surface area (Å²) in [7, 11) is 0. The van der Waals surface area contributed by atoms with Crippen molar-refractivity contribution >= 4 is 21.8 Å². The molecule has 0 spiro atoms. The molecule has 0 aliphatic carbocycles. The summed E-state index contributed by atoms with van der Waals surface area (Å²) in [4.78, 5) is 13.3. The lowest BCUT2D eigenvalue weighted by molar-refractivity contribution is -0.129. The molecule has 76 valence electrons. The number of aliphatic hydroxyl groups is 1. The van der Waals surface area contributed by atoms with Crippen molar-refractivity contribution in [3.05, 3.63) is 0 Å². The lowest BCUT2D eigenvalue weighted by atomic mass is 10.0. The Balaban J connectivity index is 2.36. The summed E-state index contributed by atoms with van der Waals surface area (Å²) in [5.74, 6) is 0.472. The highest BCUT2D eigenvalue weighted by Crippen LogP contribution is 2.20. The Kier molecular flexibility index (Phi) is 4.19. The Hall–Kier alpha value is -0.0900. The van der Waals surface area contributed by atoms with Crippen LogP contribution in [0.1, 0.15) is 19.8 Å². The molecule has 0 aromatic heterocycles. The van der Waals surface area contributed by atoms with Gasteiger partial charge in [-0.15, -0.1) is 0 Å². The summed E-state index contributed by atoms with van der Waals surface area (Å²) in [6.45, 7) is 3.33. The van der Waals surface area contributed by atoms with Crippen LogP contribution < -0.4 is 0 Å². The minimum Gasteiger partial charge on any atom is -0.393 e. The minimum absolute atomic E-state index is 0.194. The number of halogens is 1. The van der Waals surface area contributed by atoms with Crippen LogP contribution in [-0.2, 0) is 4.79 Å². The largest absolute Gasteiger partial charge is 0.393 e. The summed E-state index contributed by atoms with van der Waals surface area (Å²) in [6.07, 6.45) is 1.21. The van der Waals surface area contributed by atoms with Crippen molar-refractivity contribution in [1.82, 2.24) is 4.90 Å². The fourth-order valence-corrected chi connectivity index (χ4v) is 1.99. The highest BCUT2D eigenvalue weighted by atomic mass is 79.9. The van der Waals surface area contributed by atoms with Gasteiger partial charge in [0.25, 0.3) is 0 Å². The topological polar surface area (TPSA) is 40.5 Å². The third-order valence-electron chi connectivity index (χ3n) is 2.57. The maximum atomic E-state index is 11.4. The molecule has 1 rings (SSSR count). The molecule has 0 radical (unpaired) electrons. The van der Waals surface area contributed by atoms with E-state index in [2.05, 4.69) is 15.9 Å². The zero-order valence-electron chi connectivity index (χ0n) is 7.87. The molecule has 1 fully saturated rings. The molecule has 1 saturated heterocycles. The van der Waals surface area contributed by atoms with E-state index in [4.69, 9.17) is 0 Å². The number of amides is 1. The van der Waals surface area contributed by atoms with Crippen LogP contribution in [0.15, 0.2) is 0 Å². The normalized spacial score (nSPS) is 24.8. The maximum Gasteiger partial charge on any atom is 0.223 e. The molecule has 0 bridgehead atoms. The van der Waals surface area contributed by atoms with Gasteiger partial charge in [0.2, 0.25) is 5.91 Å². The summed E-state index contributed by atoms with van der Waals surface area (Å²) in [6, 6.07) is 0. The van der Waals surface area contributed by atoms with Crippen LogP contribution in [0.25, 0.3) is 0 Å². The van der Waals surface area contributed by atoms with Crippen LogP contribution in [0.2, 0.25) is 0 Å². The maximum absolute atomic E-state index is 11.4. The molecule has 0 saturated carbocycles. The zero-order chi connectivity index (χ0) is 9.84. The fourth-order valence-electron chi connectivity index (χ4n) is 1.65. The summed E-state index contributed by atoms with van der Waals surface area (Å²) in [5, 5.41) is 10.1. The van der Waals surface area contributed by atoms with Crippen LogP contribution in [0.5, 0.6) is 0 Å². The van der Waals surface area contributed by atoms with Crippen LogP contribution in [-0.4, -0.2) is 40.4 Å². The molecule has 1 aliphatic rings. The average molecular weight is 250 g/mol. The van der Waals surface area contributed by atoms with Gasteiger partial charge in [0.05, 0.1) is 6.10 Å². The van der Waals surface area contributed by atoms with E-state index in [9.17, 15) is 9.90 Å². The minimum atomic E-state index is -0.290. The Labute approximate surface area is 87.2 Å². The summed E-state index contributed by atoms with van der Waals surface area (Å²) < 4.78 is 0. The Bertz CT molecular complexity index is 184. The molecule has 2 unspecified atom stereocenters. The van der Waals surface area contributed by atoms with Gasteiger partial charge in [0.1, 0.15) is 0 Å². The first-order valence-corrected chi connectivity index (χ1v) is 5.79. The molecular formula is C9H16BrNO2. The Morgan fingerprint density at radius 1 is 1.77 bits per heavy atom. The summed E-state index contributed by atoms with van der Waals surface area (Å²) >= 11 is 3.24. The van der Waals surface area contributed by atoms with Crippen molar-refractivity contribution in [3.63, 3.8) is 0 Å². The zero-order valence-corrected chi connectivity index (χ0v) is 9.46. The monoisotopic (exact) mass is 249 g/mol. The molecule has 4 heteroatoms. The Morgan fingerprint density at radius 2 is 2.46 bits per heavy atom. The standard InChI is InChI=1S/C9H16BrNO2/c1-7(12)8-3-5-11(6-8)9(13)2-4-10/h7-8,12H,2-6H2,1H3. The average Bonchev–Trinajstić information content (AvgIpc) is 2.52. The first-order valence-electron chi connectivity index (χ1n) is 4.67.